The van der Waals surface area contributed by atoms with Crippen molar-refractivity contribution in [3.63, 3.8) is 0 Å². The Kier molecular flexibility index (Phi) is 5.72. The SMILES string of the molecule is CCCOC(=O)COC(=O)c1ccccc1-c1ccccc1. The third kappa shape index (κ3) is 4.19. The van der Waals surface area contributed by atoms with E-state index in [2.05, 4.69) is 0 Å². The molecular formula is C18H18O4. The van der Waals surface area contributed by atoms with Gasteiger partial charge in [-0.1, -0.05) is 55.5 Å². The summed E-state index contributed by atoms with van der Waals surface area (Å²) in [7, 11) is 0. The number of hydrogen-bond acceptors (Lipinski definition) is 4. The minimum absolute atomic E-state index is 0.330. The lowest BCUT2D eigenvalue weighted by molar-refractivity contribution is -0.147. The summed E-state index contributed by atoms with van der Waals surface area (Å²) in [5, 5.41) is 0. The molecule has 0 saturated carbocycles. The molecule has 0 amide bonds. The van der Waals surface area contributed by atoms with E-state index in [-0.39, 0.29) is 6.61 Å². The number of benzene rings is 2. The Morgan fingerprint density at radius 3 is 2.32 bits per heavy atom. The molecule has 114 valence electrons. The zero-order valence-electron chi connectivity index (χ0n) is 12.5. The molecule has 0 aliphatic carbocycles. The van der Waals surface area contributed by atoms with Crippen LogP contribution in [-0.4, -0.2) is 25.2 Å². The number of ether oxygens (including phenoxy) is 2. The van der Waals surface area contributed by atoms with Crippen molar-refractivity contribution in [2.75, 3.05) is 13.2 Å². The van der Waals surface area contributed by atoms with Crippen molar-refractivity contribution in [2.24, 2.45) is 0 Å². The van der Waals surface area contributed by atoms with E-state index >= 15 is 0 Å². The van der Waals surface area contributed by atoms with E-state index in [4.69, 9.17) is 9.47 Å². The molecule has 0 radical (unpaired) electrons. The van der Waals surface area contributed by atoms with Crippen LogP contribution in [0, 0.1) is 0 Å². The van der Waals surface area contributed by atoms with Crippen molar-refractivity contribution in [3.05, 3.63) is 60.2 Å². The molecule has 2 aromatic rings. The molecule has 0 N–H and O–H groups in total. The fraction of sp³-hybridized carbons (Fsp3) is 0.222. The van der Waals surface area contributed by atoms with Crippen molar-refractivity contribution in [2.45, 2.75) is 13.3 Å². The van der Waals surface area contributed by atoms with Crippen molar-refractivity contribution in [1.29, 1.82) is 0 Å². The van der Waals surface area contributed by atoms with E-state index < -0.39 is 11.9 Å². The van der Waals surface area contributed by atoms with Gasteiger partial charge in [-0.05, 0) is 23.6 Å². The summed E-state index contributed by atoms with van der Waals surface area (Å²) in [5.41, 5.74) is 2.12. The van der Waals surface area contributed by atoms with Crippen molar-refractivity contribution < 1.29 is 19.1 Å². The van der Waals surface area contributed by atoms with Gasteiger partial charge >= 0.3 is 11.9 Å². The van der Waals surface area contributed by atoms with E-state index in [1.165, 1.54) is 0 Å². The molecule has 4 nitrogen and oxygen atoms in total. The Morgan fingerprint density at radius 2 is 1.59 bits per heavy atom. The summed E-state index contributed by atoms with van der Waals surface area (Å²) < 4.78 is 9.91. The Morgan fingerprint density at radius 1 is 0.909 bits per heavy atom. The topological polar surface area (TPSA) is 52.6 Å². The summed E-state index contributed by atoms with van der Waals surface area (Å²) in [6.07, 6.45) is 0.733. The van der Waals surface area contributed by atoms with Crippen LogP contribution < -0.4 is 0 Å². The molecule has 0 saturated heterocycles. The van der Waals surface area contributed by atoms with E-state index in [0.29, 0.717) is 12.2 Å². The predicted molar refractivity (Wildman–Crippen MR) is 83.4 cm³/mol. The highest BCUT2D eigenvalue weighted by atomic mass is 16.6. The first-order valence-electron chi connectivity index (χ1n) is 7.19. The lowest BCUT2D eigenvalue weighted by atomic mass is 10.00. The van der Waals surface area contributed by atoms with Crippen LogP contribution in [-0.2, 0) is 14.3 Å². The van der Waals surface area contributed by atoms with Gasteiger partial charge in [-0.15, -0.1) is 0 Å². The zero-order valence-corrected chi connectivity index (χ0v) is 12.5. The monoisotopic (exact) mass is 298 g/mol. The number of rotatable bonds is 6. The van der Waals surface area contributed by atoms with Crippen LogP contribution in [0.25, 0.3) is 11.1 Å². The third-order valence-electron chi connectivity index (χ3n) is 3.02. The van der Waals surface area contributed by atoms with Gasteiger partial charge in [0.1, 0.15) is 0 Å². The molecule has 0 spiro atoms. The van der Waals surface area contributed by atoms with Gasteiger partial charge < -0.3 is 9.47 Å². The first kappa shape index (κ1) is 15.8. The van der Waals surface area contributed by atoms with Gasteiger partial charge in [0, 0.05) is 0 Å². The Bertz CT molecular complexity index is 635. The van der Waals surface area contributed by atoms with E-state index in [0.717, 1.165) is 17.5 Å². The van der Waals surface area contributed by atoms with E-state index in [1.54, 1.807) is 12.1 Å². The minimum atomic E-state index is -0.535. The van der Waals surface area contributed by atoms with Gasteiger partial charge in [0.2, 0.25) is 0 Å². The van der Waals surface area contributed by atoms with Gasteiger partial charge in [-0.2, -0.15) is 0 Å². The highest BCUT2D eigenvalue weighted by molar-refractivity contribution is 5.98. The zero-order chi connectivity index (χ0) is 15.8. The average Bonchev–Trinajstić information content (AvgIpc) is 2.58. The van der Waals surface area contributed by atoms with Gasteiger partial charge in [-0.25, -0.2) is 9.59 Å². The molecule has 0 atom stereocenters. The van der Waals surface area contributed by atoms with Crippen LogP contribution >= 0.6 is 0 Å². The van der Waals surface area contributed by atoms with Crippen LogP contribution in [0.3, 0.4) is 0 Å². The largest absolute Gasteiger partial charge is 0.463 e. The molecule has 0 unspecified atom stereocenters. The van der Waals surface area contributed by atoms with Gasteiger partial charge in [0.15, 0.2) is 6.61 Å². The molecule has 0 bridgehead atoms. The molecule has 0 aliphatic rings. The molecule has 2 rings (SSSR count). The summed E-state index contributed by atoms with van der Waals surface area (Å²) >= 11 is 0. The Labute approximate surface area is 129 Å². The predicted octanol–water partition coefficient (Wildman–Crippen LogP) is 3.46. The lowest BCUT2D eigenvalue weighted by Gasteiger charge is -2.09. The normalized spacial score (nSPS) is 10.0. The van der Waals surface area contributed by atoms with Crippen LogP contribution in [0.1, 0.15) is 23.7 Å². The van der Waals surface area contributed by atoms with Crippen molar-refractivity contribution >= 4 is 11.9 Å². The fourth-order valence-electron chi connectivity index (χ4n) is 1.99. The molecule has 22 heavy (non-hydrogen) atoms. The van der Waals surface area contributed by atoms with Crippen molar-refractivity contribution in [3.8, 4) is 11.1 Å². The average molecular weight is 298 g/mol. The first-order chi connectivity index (χ1) is 10.7. The smallest absolute Gasteiger partial charge is 0.344 e. The summed E-state index contributed by atoms with van der Waals surface area (Å²) in [6, 6.07) is 16.7. The van der Waals surface area contributed by atoms with Crippen LogP contribution in [0.15, 0.2) is 54.6 Å². The fourth-order valence-corrected chi connectivity index (χ4v) is 1.99. The molecule has 0 aliphatic heterocycles. The highest BCUT2D eigenvalue weighted by Gasteiger charge is 2.15. The van der Waals surface area contributed by atoms with Gasteiger partial charge in [-0.3, -0.25) is 0 Å². The molecule has 0 aromatic heterocycles. The first-order valence-corrected chi connectivity index (χ1v) is 7.19. The summed E-state index contributed by atoms with van der Waals surface area (Å²) in [4.78, 5) is 23.6. The molecule has 0 heterocycles. The van der Waals surface area contributed by atoms with E-state index in [1.807, 2.05) is 49.4 Å². The molecule has 4 heteroatoms. The second kappa shape index (κ2) is 7.98. The second-order valence-corrected chi connectivity index (χ2v) is 4.71. The van der Waals surface area contributed by atoms with Crippen LogP contribution in [0.5, 0.6) is 0 Å². The molecular weight excluding hydrogens is 280 g/mol. The molecule has 0 fully saturated rings. The Hall–Kier alpha value is -2.62. The maximum Gasteiger partial charge on any atom is 0.344 e. The van der Waals surface area contributed by atoms with E-state index in [9.17, 15) is 9.59 Å². The maximum absolute atomic E-state index is 12.2. The number of hydrogen-bond donors (Lipinski definition) is 0. The summed E-state index contributed by atoms with van der Waals surface area (Å²) in [6.45, 7) is 1.86. The number of carbonyl (C=O) groups is 2. The highest BCUT2D eigenvalue weighted by Crippen LogP contribution is 2.23. The lowest BCUT2D eigenvalue weighted by Crippen LogP contribution is -2.17. The number of esters is 2. The summed E-state index contributed by atoms with van der Waals surface area (Å²) in [5.74, 6) is -1.07. The maximum atomic E-state index is 12.2. The second-order valence-electron chi connectivity index (χ2n) is 4.71. The van der Waals surface area contributed by atoms with Gasteiger partial charge in [0.25, 0.3) is 0 Å². The quantitative estimate of drug-likeness (QED) is 0.766. The minimum Gasteiger partial charge on any atom is -0.463 e. The van der Waals surface area contributed by atoms with Crippen LogP contribution in [0.4, 0.5) is 0 Å². The third-order valence-corrected chi connectivity index (χ3v) is 3.02. The van der Waals surface area contributed by atoms with Gasteiger partial charge in [0.05, 0.1) is 12.2 Å². The number of carbonyl (C=O) groups excluding carboxylic acids is 2. The van der Waals surface area contributed by atoms with Crippen LogP contribution in [0.2, 0.25) is 0 Å². The standard InChI is InChI=1S/C18H18O4/c1-2-12-21-17(19)13-22-18(20)16-11-7-6-10-15(16)14-8-4-3-5-9-14/h3-11H,2,12-13H2,1H3. The molecule has 2 aromatic carbocycles. The Balaban J connectivity index is 2.09. The van der Waals surface area contributed by atoms with Crippen molar-refractivity contribution in [1.82, 2.24) is 0 Å².